The third kappa shape index (κ3) is 6.13. The van der Waals surface area contributed by atoms with Gasteiger partial charge in [0.2, 0.25) is 0 Å². The summed E-state index contributed by atoms with van der Waals surface area (Å²) in [4.78, 5) is 41.3. The van der Waals surface area contributed by atoms with Crippen molar-refractivity contribution in [2.24, 2.45) is 5.11 Å². The molecule has 1 aromatic heterocycles. The molecule has 14 heteroatoms. The summed E-state index contributed by atoms with van der Waals surface area (Å²) in [7, 11) is -4.30. The summed E-state index contributed by atoms with van der Waals surface area (Å²) in [6.45, 7) is 2.72. The Hall–Kier alpha value is -2.43. The van der Waals surface area contributed by atoms with E-state index >= 15 is 0 Å². The van der Waals surface area contributed by atoms with Crippen molar-refractivity contribution < 1.29 is 27.9 Å². The Balaban J connectivity index is 1.77. The number of aryl methyl sites for hydroxylation is 1. The van der Waals surface area contributed by atoms with Crippen LogP contribution in [0.1, 0.15) is 57.2 Å². The Morgan fingerprint density at radius 2 is 2.09 bits per heavy atom. The molecule has 0 bridgehead atoms. The van der Waals surface area contributed by atoms with E-state index in [0.717, 1.165) is 19.3 Å². The van der Waals surface area contributed by atoms with Gasteiger partial charge in [-0.05, 0) is 32.2 Å². The number of carbonyl (C=O) groups is 1. The molecule has 1 aliphatic carbocycles. The van der Waals surface area contributed by atoms with Gasteiger partial charge < -0.3 is 9.47 Å². The molecule has 13 nitrogen and oxygen atoms in total. The number of aromatic amines is 1. The van der Waals surface area contributed by atoms with Crippen molar-refractivity contribution in [1.82, 2.24) is 9.55 Å². The molecule has 1 N–H and O–H groups in total. The maximum Gasteiger partial charge on any atom is 0.438 e. The Labute approximate surface area is 189 Å². The molecule has 2 aliphatic rings. The minimum atomic E-state index is -4.30. The average molecular weight is 485 g/mol. The van der Waals surface area contributed by atoms with E-state index in [1.807, 2.05) is 0 Å². The lowest BCUT2D eigenvalue weighted by Crippen LogP contribution is -2.33. The highest BCUT2D eigenvalue weighted by Gasteiger charge is 2.43. The Morgan fingerprint density at radius 3 is 2.76 bits per heavy atom. The lowest BCUT2D eigenvalue weighted by Gasteiger charge is -2.27. The van der Waals surface area contributed by atoms with Gasteiger partial charge in [-0.3, -0.25) is 23.4 Å². The third-order valence-corrected chi connectivity index (χ3v) is 7.24. The van der Waals surface area contributed by atoms with Gasteiger partial charge in [0.1, 0.15) is 6.23 Å². The van der Waals surface area contributed by atoms with Gasteiger partial charge in [0, 0.05) is 23.1 Å². The van der Waals surface area contributed by atoms with Crippen molar-refractivity contribution in [3.63, 3.8) is 0 Å². The van der Waals surface area contributed by atoms with Gasteiger partial charge in [-0.25, -0.2) is 14.2 Å². The molecule has 33 heavy (non-hydrogen) atoms. The second-order valence-electron chi connectivity index (χ2n) is 7.97. The molecule has 1 aliphatic heterocycles. The first-order valence-corrected chi connectivity index (χ1v) is 12.4. The van der Waals surface area contributed by atoms with Crippen molar-refractivity contribution in [3.05, 3.63) is 43.0 Å². The Bertz CT molecular complexity index is 1060. The van der Waals surface area contributed by atoms with E-state index in [1.54, 1.807) is 6.92 Å². The van der Waals surface area contributed by atoms with E-state index in [9.17, 15) is 18.9 Å². The van der Waals surface area contributed by atoms with Crippen LogP contribution >= 0.6 is 7.60 Å². The highest BCUT2D eigenvalue weighted by molar-refractivity contribution is 7.71. The van der Waals surface area contributed by atoms with Gasteiger partial charge in [-0.15, -0.1) is 0 Å². The SMILES string of the molecule is CCOC(=O)P(=O)(OC[C@H]1O[C@@H](n2cc(C)c(=O)[nH]c2=O)C[C@@H]1N=[N+]=[N-])OC1CCCCC1. The summed E-state index contributed by atoms with van der Waals surface area (Å²) in [5.74, 6) is 0. The molecule has 4 atom stereocenters. The lowest BCUT2D eigenvalue weighted by atomic mass is 9.98. The smallest absolute Gasteiger partial charge is 0.438 e. The van der Waals surface area contributed by atoms with E-state index < -0.39 is 42.9 Å². The first-order chi connectivity index (χ1) is 15.8. The largest absolute Gasteiger partial charge is 0.457 e. The van der Waals surface area contributed by atoms with Gasteiger partial charge in [-0.2, -0.15) is 0 Å². The third-order valence-electron chi connectivity index (χ3n) is 5.60. The first-order valence-electron chi connectivity index (χ1n) is 10.9. The van der Waals surface area contributed by atoms with E-state index in [1.165, 1.54) is 17.7 Å². The van der Waals surface area contributed by atoms with Gasteiger partial charge in [0.05, 0.1) is 31.5 Å². The van der Waals surface area contributed by atoms with Crippen LogP contribution in [0, 0.1) is 6.92 Å². The molecule has 1 saturated carbocycles. The number of aromatic nitrogens is 2. The maximum atomic E-state index is 13.3. The maximum absolute atomic E-state index is 13.3. The van der Waals surface area contributed by atoms with Crippen LogP contribution in [-0.2, 0) is 23.1 Å². The Kier molecular flexibility index (Phi) is 8.50. The number of hydrogen-bond acceptors (Lipinski definition) is 9. The van der Waals surface area contributed by atoms with Crippen LogP contribution in [-0.4, -0.2) is 46.7 Å². The van der Waals surface area contributed by atoms with E-state index in [0.29, 0.717) is 18.4 Å². The van der Waals surface area contributed by atoms with E-state index in [2.05, 4.69) is 15.0 Å². The predicted molar refractivity (Wildman–Crippen MR) is 116 cm³/mol. The lowest BCUT2D eigenvalue weighted by molar-refractivity contribution is -0.0264. The quantitative estimate of drug-likeness (QED) is 0.239. The van der Waals surface area contributed by atoms with E-state index in [-0.39, 0.29) is 25.7 Å². The normalized spacial score (nSPS) is 25.2. The second kappa shape index (κ2) is 11.1. The number of rotatable bonds is 9. The van der Waals surface area contributed by atoms with Crippen molar-refractivity contribution in [3.8, 4) is 0 Å². The van der Waals surface area contributed by atoms with Crippen molar-refractivity contribution in [2.45, 2.75) is 76.9 Å². The molecule has 0 amide bonds. The molecule has 1 saturated heterocycles. The van der Waals surface area contributed by atoms with Gasteiger partial charge >= 0.3 is 19.0 Å². The van der Waals surface area contributed by atoms with Crippen molar-refractivity contribution >= 4 is 13.3 Å². The minimum Gasteiger partial charge on any atom is -0.457 e. The van der Waals surface area contributed by atoms with Crippen LogP contribution in [0.3, 0.4) is 0 Å². The molecule has 0 aromatic carbocycles. The number of hydrogen-bond donors (Lipinski definition) is 1. The van der Waals surface area contributed by atoms with Crippen LogP contribution in [0.5, 0.6) is 0 Å². The zero-order chi connectivity index (χ0) is 24.0. The summed E-state index contributed by atoms with van der Waals surface area (Å²) in [5, 5.41) is 3.69. The van der Waals surface area contributed by atoms with Gasteiger partial charge in [0.25, 0.3) is 5.56 Å². The number of carbonyl (C=O) groups excluding carboxylic acids is 1. The molecule has 2 fully saturated rings. The number of nitrogens with zero attached hydrogens (tertiary/aromatic N) is 4. The summed E-state index contributed by atoms with van der Waals surface area (Å²) in [6.07, 6.45) is 3.44. The zero-order valence-electron chi connectivity index (χ0n) is 18.5. The highest BCUT2D eigenvalue weighted by atomic mass is 31.2. The average Bonchev–Trinajstić information content (AvgIpc) is 3.18. The molecule has 1 aromatic rings. The summed E-state index contributed by atoms with van der Waals surface area (Å²) < 4.78 is 36.3. The molecule has 1 unspecified atom stereocenters. The monoisotopic (exact) mass is 485 g/mol. The highest BCUT2D eigenvalue weighted by Crippen LogP contribution is 2.53. The molecule has 3 rings (SSSR count). The van der Waals surface area contributed by atoms with E-state index in [4.69, 9.17) is 24.1 Å². The molecule has 0 spiro atoms. The van der Waals surface area contributed by atoms with Crippen molar-refractivity contribution in [2.75, 3.05) is 13.2 Å². The summed E-state index contributed by atoms with van der Waals surface area (Å²) in [6, 6.07) is -0.774. The summed E-state index contributed by atoms with van der Waals surface area (Å²) in [5.41, 5.74) is 6.94. The van der Waals surface area contributed by atoms with Crippen molar-refractivity contribution in [1.29, 1.82) is 0 Å². The number of azide groups is 1. The van der Waals surface area contributed by atoms with Crippen LogP contribution in [0.4, 0.5) is 4.79 Å². The number of ether oxygens (including phenoxy) is 2. The van der Waals surface area contributed by atoms with Gasteiger partial charge in [-0.1, -0.05) is 24.4 Å². The fourth-order valence-corrected chi connectivity index (χ4v) is 5.38. The second-order valence-corrected chi connectivity index (χ2v) is 9.80. The minimum absolute atomic E-state index is 0.00194. The standard InChI is InChI=1S/C19H28N5O8P/c1-3-29-19(27)33(28,32-13-7-5-4-6-8-13)30-11-15-14(22-23-20)9-16(31-15)24-10-12(2)17(25)21-18(24)26/h10,13-16H,3-9,11H2,1-2H3,(H,21,25,26)/t14-,15+,16+,33?/m0/s1. The summed E-state index contributed by atoms with van der Waals surface area (Å²) >= 11 is 0. The van der Waals surface area contributed by atoms with Crippen LogP contribution < -0.4 is 11.2 Å². The molecular formula is C19H28N5O8P. The topological polar surface area (TPSA) is 175 Å². The fraction of sp³-hybridized carbons (Fsp3) is 0.737. The molecule has 2 heterocycles. The predicted octanol–water partition coefficient (Wildman–Crippen LogP) is 3.53. The Morgan fingerprint density at radius 1 is 1.36 bits per heavy atom. The molecule has 182 valence electrons. The fourth-order valence-electron chi connectivity index (χ4n) is 3.89. The number of nitrogens with one attached hydrogen (secondary N) is 1. The van der Waals surface area contributed by atoms with Crippen LogP contribution in [0.2, 0.25) is 0 Å². The van der Waals surface area contributed by atoms with Gasteiger partial charge in [0.15, 0.2) is 0 Å². The molecular weight excluding hydrogens is 457 g/mol. The zero-order valence-corrected chi connectivity index (χ0v) is 19.4. The van der Waals surface area contributed by atoms with Crippen LogP contribution in [0.15, 0.2) is 20.9 Å². The molecule has 0 radical (unpaired) electrons. The first kappa shape index (κ1) is 25.2. The number of H-pyrrole nitrogens is 1. The van der Waals surface area contributed by atoms with Crippen LogP contribution in [0.25, 0.3) is 10.4 Å².